The van der Waals surface area contributed by atoms with Crippen LogP contribution >= 0.6 is 0 Å². The molecule has 0 aliphatic carbocycles. The fourth-order valence-corrected chi connectivity index (χ4v) is 2.70. The molecule has 116 valence electrons. The van der Waals surface area contributed by atoms with Crippen LogP contribution in [-0.4, -0.2) is 19.5 Å². The van der Waals surface area contributed by atoms with Crippen molar-refractivity contribution in [3.8, 4) is 0 Å². The van der Waals surface area contributed by atoms with Crippen molar-refractivity contribution >= 4 is 28.0 Å². The average molecular weight is 311 g/mol. The first-order valence-electron chi connectivity index (χ1n) is 7.17. The number of nitrogens with one attached hydrogen (secondary N) is 3. The molecule has 0 aliphatic rings. The summed E-state index contributed by atoms with van der Waals surface area (Å²) in [5.74, 6) is 0.359. The summed E-state index contributed by atoms with van der Waals surface area (Å²) in [6.07, 6.45) is 0. The summed E-state index contributed by atoms with van der Waals surface area (Å²) in [5, 5.41) is 3.24. The predicted octanol–water partition coefficient (Wildman–Crippen LogP) is 2.49. The van der Waals surface area contributed by atoms with E-state index in [1.807, 2.05) is 29.8 Å². The van der Waals surface area contributed by atoms with E-state index in [9.17, 15) is 9.18 Å². The van der Waals surface area contributed by atoms with Gasteiger partial charge >= 0.3 is 5.69 Å². The van der Waals surface area contributed by atoms with Crippen LogP contribution in [0, 0.1) is 5.82 Å². The molecule has 0 spiro atoms. The Labute approximate surface area is 130 Å². The Kier molecular flexibility index (Phi) is 2.94. The zero-order valence-corrected chi connectivity index (χ0v) is 12.4. The second-order valence-corrected chi connectivity index (χ2v) is 5.44. The minimum atomic E-state index is -0.302. The highest BCUT2D eigenvalue weighted by atomic mass is 19.1. The van der Waals surface area contributed by atoms with Crippen molar-refractivity contribution in [3.05, 3.63) is 58.3 Å². The third-order valence-corrected chi connectivity index (χ3v) is 3.87. The third-order valence-electron chi connectivity index (χ3n) is 3.87. The quantitative estimate of drug-likeness (QED) is 0.544. The number of benzene rings is 2. The van der Waals surface area contributed by atoms with Gasteiger partial charge in [-0.2, -0.15) is 0 Å². The predicted molar refractivity (Wildman–Crippen MR) is 86.9 cm³/mol. The zero-order chi connectivity index (χ0) is 16.0. The summed E-state index contributed by atoms with van der Waals surface area (Å²) in [6, 6.07) is 10.2. The van der Waals surface area contributed by atoms with E-state index in [-0.39, 0.29) is 11.5 Å². The first-order valence-corrected chi connectivity index (χ1v) is 7.17. The van der Waals surface area contributed by atoms with Crippen molar-refractivity contribution in [2.24, 2.45) is 7.05 Å². The number of rotatable bonds is 3. The Morgan fingerprint density at radius 3 is 2.87 bits per heavy atom. The van der Waals surface area contributed by atoms with Gasteiger partial charge in [-0.25, -0.2) is 14.2 Å². The van der Waals surface area contributed by atoms with Crippen LogP contribution in [-0.2, 0) is 13.6 Å². The van der Waals surface area contributed by atoms with Gasteiger partial charge in [-0.1, -0.05) is 6.07 Å². The molecule has 0 aliphatic heterocycles. The van der Waals surface area contributed by atoms with E-state index in [2.05, 4.69) is 20.3 Å². The zero-order valence-electron chi connectivity index (χ0n) is 12.4. The molecular weight excluding hydrogens is 297 g/mol. The van der Waals surface area contributed by atoms with Crippen molar-refractivity contribution in [1.82, 2.24) is 19.5 Å². The number of hydrogen-bond donors (Lipinski definition) is 3. The molecule has 0 radical (unpaired) electrons. The van der Waals surface area contributed by atoms with Gasteiger partial charge in [-0.15, -0.1) is 0 Å². The molecule has 2 aromatic carbocycles. The van der Waals surface area contributed by atoms with Crippen molar-refractivity contribution in [1.29, 1.82) is 0 Å². The fraction of sp³-hybridized carbons (Fsp3) is 0.125. The van der Waals surface area contributed by atoms with Gasteiger partial charge in [-0.05, 0) is 29.8 Å². The molecule has 0 fully saturated rings. The van der Waals surface area contributed by atoms with Gasteiger partial charge in [0, 0.05) is 19.7 Å². The Morgan fingerprint density at radius 2 is 2.00 bits per heavy atom. The Bertz CT molecular complexity index is 1080. The molecule has 4 rings (SSSR count). The van der Waals surface area contributed by atoms with Gasteiger partial charge in [0.05, 0.1) is 22.1 Å². The number of aromatic amines is 2. The third kappa shape index (κ3) is 2.36. The normalized spacial score (nSPS) is 11.4. The maximum absolute atomic E-state index is 13.3. The number of aromatic nitrogens is 4. The highest BCUT2D eigenvalue weighted by Gasteiger charge is 2.08. The second-order valence-electron chi connectivity index (χ2n) is 5.44. The molecule has 0 atom stereocenters. The summed E-state index contributed by atoms with van der Waals surface area (Å²) in [7, 11) is 1.88. The summed E-state index contributed by atoms with van der Waals surface area (Å²) >= 11 is 0. The second kappa shape index (κ2) is 4.98. The van der Waals surface area contributed by atoms with Crippen LogP contribution < -0.4 is 11.0 Å². The highest BCUT2D eigenvalue weighted by molar-refractivity contribution is 5.78. The van der Waals surface area contributed by atoms with Gasteiger partial charge in [-0.3, -0.25) is 0 Å². The maximum atomic E-state index is 13.3. The van der Waals surface area contributed by atoms with E-state index in [0.717, 1.165) is 22.1 Å². The number of aryl methyl sites for hydroxylation is 1. The minimum absolute atomic E-state index is 0.220. The molecule has 0 bridgehead atoms. The van der Waals surface area contributed by atoms with Crippen molar-refractivity contribution in [2.75, 3.05) is 5.32 Å². The molecule has 3 N–H and O–H groups in total. The lowest BCUT2D eigenvalue weighted by Gasteiger charge is -2.06. The van der Waals surface area contributed by atoms with Gasteiger partial charge in [0.1, 0.15) is 5.82 Å². The smallest absolute Gasteiger partial charge is 0.323 e. The number of anilines is 1. The fourth-order valence-electron chi connectivity index (χ4n) is 2.70. The van der Waals surface area contributed by atoms with Crippen LogP contribution in [0.1, 0.15) is 5.56 Å². The molecule has 0 saturated carbocycles. The molecule has 7 heteroatoms. The van der Waals surface area contributed by atoms with Gasteiger partial charge in [0.2, 0.25) is 5.95 Å². The van der Waals surface area contributed by atoms with Crippen LogP contribution in [0.3, 0.4) is 0 Å². The first kappa shape index (κ1) is 13.6. The number of imidazole rings is 2. The summed E-state index contributed by atoms with van der Waals surface area (Å²) in [4.78, 5) is 21.1. The van der Waals surface area contributed by atoms with E-state index in [4.69, 9.17) is 0 Å². The van der Waals surface area contributed by atoms with Crippen LogP contribution in [0.25, 0.3) is 22.1 Å². The lowest BCUT2D eigenvalue weighted by molar-refractivity contribution is 0.629. The van der Waals surface area contributed by atoms with Crippen LogP contribution in [0.5, 0.6) is 0 Å². The number of nitrogens with zero attached hydrogens (tertiary/aromatic N) is 2. The highest BCUT2D eigenvalue weighted by Crippen LogP contribution is 2.20. The van der Waals surface area contributed by atoms with Gasteiger partial charge < -0.3 is 19.9 Å². The van der Waals surface area contributed by atoms with E-state index < -0.39 is 0 Å². The molecular formula is C16H14FN5O. The van der Waals surface area contributed by atoms with Crippen molar-refractivity contribution < 1.29 is 4.39 Å². The first-order chi connectivity index (χ1) is 11.1. The topological polar surface area (TPSA) is 78.5 Å². The SMILES string of the molecule is Cn1c(NCc2ccc3[nH]c(=O)[nH]c3c2)nc2cc(F)ccc21. The number of H-pyrrole nitrogens is 2. The molecule has 2 aromatic heterocycles. The van der Waals surface area contributed by atoms with Crippen LogP contribution in [0.15, 0.2) is 41.2 Å². The largest absolute Gasteiger partial charge is 0.352 e. The van der Waals surface area contributed by atoms with Crippen LogP contribution in [0.2, 0.25) is 0 Å². The Balaban J connectivity index is 1.62. The van der Waals surface area contributed by atoms with E-state index in [1.165, 1.54) is 12.1 Å². The maximum Gasteiger partial charge on any atom is 0.323 e. The molecule has 6 nitrogen and oxygen atoms in total. The Morgan fingerprint density at radius 1 is 1.17 bits per heavy atom. The molecule has 2 heterocycles. The Hall–Kier alpha value is -3.09. The molecule has 0 unspecified atom stereocenters. The molecule has 0 amide bonds. The minimum Gasteiger partial charge on any atom is -0.352 e. The number of halogens is 1. The number of hydrogen-bond acceptors (Lipinski definition) is 3. The van der Waals surface area contributed by atoms with Crippen molar-refractivity contribution in [3.63, 3.8) is 0 Å². The standard InChI is InChI=1S/C16H14FN5O/c1-22-14-5-3-10(17)7-13(14)19-15(22)18-8-9-2-4-11-12(6-9)21-16(23)20-11/h2-7H,8H2,1H3,(H,18,19)(H2,20,21,23). The van der Waals surface area contributed by atoms with E-state index in [1.54, 1.807) is 6.07 Å². The van der Waals surface area contributed by atoms with E-state index in [0.29, 0.717) is 18.0 Å². The summed E-state index contributed by atoms with van der Waals surface area (Å²) in [5.41, 5.74) is 3.80. The monoisotopic (exact) mass is 311 g/mol. The average Bonchev–Trinajstić information content (AvgIpc) is 3.03. The molecule has 0 saturated heterocycles. The van der Waals surface area contributed by atoms with Crippen LogP contribution in [0.4, 0.5) is 10.3 Å². The number of fused-ring (bicyclic) bond motifs is 2. The van der Waals surface area contributed by atoms with E-state index >= 15 is 0 Å². The summed E-state index contributed by atoms with van der Waals surface area (Å²) in [6.45, 7) is 0.544. The lowest BCUT2D eigenvalue weighted by atomic mass is 10.2. The summed E-state index contributed by atoms with van der Waals surface area (Å²) < 4.78 is 15.2. The molecule has 4 aromatic rings. The molecule has 23 heavy (non-hydrogen) atoms. The lowest BCUT2D eigenvalue weighted by Crippen LogP contribution is -2.04. The van der Waals surface area contributed by atoms with Crippen molar-refractivity contribution in [2.45, 2.75) is 6.54 Å². The van der Waals surface area contributed by atoms with Gasteiger partial charge in [0.25, 0.3) is 0 Å². The van der Waals surface area contributed by atoms with Gasteiger partial charge in [0.15, 0.2) is 0 Å².